The minimum Gasteiger partial charge on any atom is -0.493 e. The van der Waals surface area contributed by atoms with E-state index >= 15 is 0 Å². The molecule has 0 unspecified atom stereocenters. The molecule has 0 spiro atoms. The molecule has 39 heavy (non-hydrogen) atoms. The second-order valence-electron chi connectivity index (χ2n) is 11.6. The van der Waals surface area contributed by atoms with Gasteiger partial charge in [-0.15, -0.1) is 12.4 Å². The number of amides is 1. The third-order valence-corrected chi connectivity index (χ3v) is 8.08. The fourth-order valence-corrected chi connectivity index (χ4v) is 6.13. The second-order valence-corrected chi connectivity index (χ2v) is 11.6. The Bertz CT molecular complexity index is 948. The number of rotatable bonds is 15. The maximum Gasteiger partial charge on any atom is 0.308 e. The number of halogens is 1. The van der Waals surface area contributed by atoms with Crippen LogP contribution in [0, 0.1) is 11.3 Å². The fraction of sp³-hybridized carbons (Fsp3) is 0.733. The molecule has 2 aliphatic heterocycles. The maximum absolute atomic E-state index is 13.6. The summed E-state index contributed by atoms with van der Waals surface area (Å²) in [7, 11) is 1.58. The summed E-state index contributed by atoms with van der Waals surface area (Å²) < 4.78 is 16.8. The first-order chi connectivity index (χ1) is 18.1. The number of carbonyl (C=O) groups is 2. The smallest absolute Gasteiger partial charge is 0.308 e. The van der Waals surface area contributed by atoms with Crippen molar-refractivity contribution in [3.05, 3.63) is 17.7 Å². The Labute approximate surface area is 240 Å². The molecule has 1 aromatic carbocycles. The summed E-state index contributed by atoms with van der Waals surface area (Å²) in [5, 5.41) is 10.5. The predicted molar refractivity (Wildman–Crippen MR) is 155 cm³/mol. The first kappa shape index (κ1) is 33.0. The van der Waals surface area contributed by atoms with Crippen LogP contribution in [-0.2, 0) is 9.59 Å². The number of hydrogen-bond acceptors (Lipinski definition) is 6. The SMILES string of the molecule is CCCCN(CCCC)C(=O)CN1C[C@H](c2cc(OC)c3c(c2)OCO3)[C@@H](C(=O)O)[C@@H]1CC(C)(C)CCC.Cl. The van der Waals surface area contributed by atoms with Gasteiger partial charge in [0.05, 0.1) is 19.6 Å². The van der Waals surface area contributed by atoms with Crippen LogP contribution in [0.15, 0.2) is 12.1 Å². The molecule has 2 aliphatic rings. The molecule has 3 rings (SSSR count). The molecule has 0 saturated carbocycles. The quantitative estimate of drug-likeness (QED) is 0.279. The van der Waals surface area contributed by atoms with Gasteiger partial charge in [-0.05, 0) is 48.8 Å². The van der Waals surface area contributed by atoms with E-state index in [1.54, 1.807) is 7.11 Å². The van der Waals surface area contributed by atoms with Crippen molar-refractivity contribution in [1.29, 1.82) is 0 Å². The number of likely N-dealkylation sites (tertiary alicyclic amines) is 1. The lowest BCUT2D eigenvalue weighted by atomic mass is 9.76. The molecule has 1 fully saturated rings. The lowest BCUT2D eigenvalue weighted by molar-refractivity contribution is -0.144. The molecule has 8 nitrogen and oxygen atoms in total. The van der Waals surface area contributed by atoms with Crippen LogP contribution in [0.25, 0.3) is 0 Å². The average Bonchev–Trinajstić information content (AvgIpc) is 3.48. The van der Waals surface area contributed by atoms with E-state index in [4.69, 9.17) is 14.2 Å². The van der Waals surface area contributed by atoms with Crippen molar-refractivity contribution in [3.8, 4) is 17.2 Å². The Morgan fingerprint density at radius 3 is 2.33 bits per heavy atom. The van der Waals surface area contributed by atoms with Gasteiger partial charge in [-0.2, -0.15) is 0 Å². The summed E-state index contributed by atoms with van der Waals surface area (Å²) in [6.07, 6.45) is 6.75. The van der Waals surface area contributed by atoms with Crippen molar-refractivity contribution in [2.45, 2.75) is 91.5 Å². The number of carboxylic acids is 1. The molecule has 2 heterocycles. The van der Waals surface area contributed by atoms with Crippen molar-refractivity contribution in [3.63, 3.8) is 0 Å². The van der Waals surface area contributed by atoms with E-state index in [2.05, 4.69) is 39.5 Å². The fourth-order valence-electron chi connectivity index (χ4n) is 6.13. The van der Waals surface area contributed by atoms with Gasteiger partial charge in [0.15, 0.2) is 11.5 Å². The highest BCUT2D eigenvalue weighted by Crippen LogP contribution is 2.48. The zero-order chi connectivity index (χ0) is 27.9. The van der Waals surface area contributed by atoms with Crippen LogP contribution >= 0.6 is 12.4 Å². The number of hydrogen-bond donors (Lipinski definition) is 1. The Morgan fingerprint density at radius 2 is 1.77 bits per heavy atom. The lowest BCUT2D eigenvalue weighted by Gasteiger charge is -2.35. The molecule has 0 radical (unpaired) electrons. The van der Waals surface area contributed by atoms with E-state index < -0.39 is 11.9 Å². The minimum absolute atomic E-state index is 0. The summed E-state index contributed by atoms with van der Waals surface area (Å²) in [6.45, 7) is 13.2. The highest BCUT2D eigenvalue weighted by Gasteiger charge is 2.49. The Hall–Kier alpha value is -2.19. The van der Waals surface area contributed by atoms with E-state index in [-0.39, 0.29) is 49.0 Å². The van der Waals surface area contributed by atoms with E-state index in [0.29, 0.717) is 30.2 Å². The van der Waals surface area contributed by atoms with Crippen LogP contribution in [0.4, 0.5) is 0 Å². The van der Waals surface area contributed by atoms with Crippen LogP contribution < -0.4 is 14.2 Å². The summed E-state index contributed by atoms with van der Waals surface area (Å²) >= 11 is 0. The number of carboxylic acid groups (broad SMARTS) is 1. The number of fused-ring (bicyclic) bond motifs is 1. The summed E-state index contributed by atoms with van der Waals surface area (Å²) in [5.41, 5.74) is 0.806. The zero-order valence-corrected chi connectivity index (χ0v) is 25.5. The Morgan fingerprint density at radius 1 is 1.10 bits per heavy atom. The Kier molecular flexibility index (Phi) is 12.7. The van der Waals surface area contributed by atoms with Crippen molar-refractivity contribution in [2.75, 3.05) is 40.1 Å². The molecule has 1 N–H and O–H groups in total. The molecule has 0 aromatic heterocycles. The van der Waals surface area contributed by atoms with Gasteiger partial charge in [-0.25, -0.2) is 0 Å². The average molecular weight is 569 g/mol. The molecule has 1 amide bonds. The summed E-state index contributed by atoms with van der Waals surface area (Å²) in [5.74, 6) is -0.00940. The number of carbonyl (C=O) groups excluding carboxylic acids is 1. The van der Waals surface area contributed by atoms with Gasteiger partial charge >= 0.3 is 5.97 Å². The molecule has 3 atom stereocenters. The summed E-state index contributed by atoms with van der Waals surface area (Å²) in [4.78, 5) is 30.6. The minimum atomic E-state index is -0.826. The van der Waals surface area contributed by atoms with Crippen LogP contribution in [0.2, 0.25) is 0 Å². The molecular weight excluding hydrogens is 520 g/mol. The highest BCUT2D eigenvalue weighted by molar-refractivity contribution is 5.85. The van der Waals surface area contributed by atoms with E-state index in [0.717, 1.165) is 57.2 Å². The number of ether oxygens (including phenoxy) is 3. The number of aliphatic carboxylic acids is 1. The Balaban J connectivity index is 0.00000533. The largest absolute Gasteiger partial charge is 0.493 e. The van der Waals surface area contributed by atoms with Gasteiger partial charge in [0, 0.05) is 31.6 Å². The van der Waals surface area contributed by atoms with Crippen LogP contribution in [0.1, 0.15) is 91.0 Å². The van der Waals surface area contributed by atoms with Crippen molar-refractivity contribution >= 4 is 24.3 Å². The topological polar surface area (TPSA) is 88.5 Å². The third kappa shape index (κ3) is 8.16. The van der Waals surface area contributed by atoms with Gasteiger partial charge < -0.3 is 24.2 Å². The van der Waals surface area contributed by atoms with Gasteiger partial charge in [-0.1, -0.05) is 53.9 Å². The van der Waals surface area contributed by atoms with Crippen molar-refractivity contribution in [2.24, 2.45) is 11.3 Å². The van der Waals surface area contributed by atoms with Crippen molar-refractivity contribution < 1.29 is 28.9 Å². The number of unbranched alkanes of at least 4 members (excludes halogenated alkanes) is 2. The second kappa shape index (κ2) is 15.0. The molecule has 0 aliphatic carbocycles. The normalized spacial score (nSPS) is 20.5. The zero-order valence-electron chi connectivity index (χ0n) is 24.7. The van der Waals surface area contributed by atoms with Gasteiger partial charge in [0.1, 0.15) is 0 Å². The van der Waals surface area contributed by atoms with E-state index in [1.165, 1.54) is 0 Å². The third-order valence-electron chi connectivity index (χ3n) is 8.08. The number of methoxy groups -OCH3 is 1. The van der Waals surface area contributed by atoms with Crippen molar-refractivity contribution in [1.82, 2.24) is 9.80 Å². The predicted octanol–water partition coefficient (Wildman–Crippen LogP) is 5.96. The number of nitrogens with zero attached hydrogens (tertiary/aromatic N) is 2. The first-order valence-electron chi connectivity index (χ1n) is 14.4. The molecule has 1 saturated heterocycles. The van der Waals surface area contributed by atoms with E-state index in [9.17, 15) is 14.7 Å². The molecule has 0 bridgehead atoms. The molecule has 222 valence electrons. The van der Waals surface area contributed by atoms with Crippen LogP contribution in [0.3, 0.4) is 0 Å². The van der Waals surface area contributed by atoms with Gasteiger partial charge in [0.25, 0.3) is 0 Å². The number of benzene rings is 1. The molecule has 1 aromatic rings. The lowest BCUT2D eigenvalue weighted by Crippen LogP contribution is -2.46. The van der Waals surface area contributed by atoms with Crippen LogP contribution in [-0.4, -0.2) is 72.9 Å². The van der Waals surface area contributed by atoms with Gasteiger partial charge in [-0.3, -0.25) is 14.5 Å². The monoisotopic (exact) mass is 568 g/mol. The van der Waals surface area contributed by atoms with Gasteiger partial charge in [0.2, 0.25) is 18.4 Å². The van der Waals surface area contributed by atoms with Crippen LogP contribution in [0.5, 0.6) is 17.2 Å². The molecule has 9 heteroatoms. The maximum atomic E-state index is 13.6. The first-order valence-corrected chi connectivity index (χ1v) is 14.4. The highest BCUT2D eigenvalue weighted by atomic mass is 35.5. The standard InChI is InChI=1S/C30H48N2O6.ClH/c1-7-10-13-31(14-11-8-2)26(33)19-32-18-22(21-15-24(36-6)28-25(16-21)37-20-38-28)27(29(34)35)23(32)17-30(4,5)12-9-3;/h15-16,22-23,27H,7-14,17-20H2,1-6H3,(H,34,35);1H/t22-,23+,27-;/m1./s1. The summed E-state index contributed by atoms with van der Waals surface area (Å²) in [6, 6.07) is 3.51. The molecular formula is C30H49ClN2O6. The van der Waals surface area contributed by atoms with E-state index in [1.807, 2.05) is 17.0 Å².